The van der Waals surface area contributed by atoms with E-state index in [9.17, 15) is 9.59 Å². The van der Waals surface area contributed by atoms with Crippen LogP contribution in [0.15, 0.2) is 73.6 Å². The summed E-state index contributed by atoms with van der Waals surface area (Å²) in [5.41, 5.74) is 1.81. The van der Waals surface area contributed by atoms with E-state index in [1.165, 1.54) is 10.0 Å². The molecule has 8 rings (SSSR count). The molecule has 18 heteroatoms. The molecule has 2 aliphatic carbocycles. The number of nitrogens with zero attached hydrogens (tertiary/aromatic N) is 7. The molecule has 0 bridgehead atoms. The molecule has 2 aliphatic heterocycles. The number of aryl methyl sites for hydroxylation is 1. The van der Waals surface area contributed by atoms with Crippen LogP contribution in [0, 0.1) is 22.7 Å². The van der Waals surface area contributed by atoms with E-state index < -0.39 is 46.8 Å². The standard InChI is InChI=1S/C62H87ClN10O7/c1-5-13-55(74)61(47-15-9-7-10-16-47)29-35-70(36-30-61)57(76)53(39-45-19-23-49(63)24-20-45)72(59(78)66-33-27-50-41-64-43-68-50)73(60(79)67-34-28-51-42-65-44-69(51)3)54(40-46-21-25-52(80-4)26-22-46)58(77)71-37-31-62(32-38-71,56(75)14-6-2)48-17-11-8-12-18-48/h19-26,41-44,47-48,53-54H,5-18,27-40H2,1-4H3,(H,64,68)(H,66,78)(H,67,79)/t53-,54-/m1/s1. The molecule has 2 aromatic heterocycles. The first-order valence-corrected chi connectivity index (χ1v) is 30.3. The van der Waals surface area contributed by atoms with Crippen molar-refractivity contribution in [1.82, 2.24) is 50.0 Å². The van der Waals surface area contributed by atoms with E-state index >= 15 is 19.2 Å². The number of nitrogens with one attached hydrogen (secondary N) is 3. The number of ketones is 2. The first-order chi connectivity index (χ1) is 38.8. The molecular weight excluding hydrogens is 1030 g/mol. The van der Waals surface area contributed by atoms with Crippen LogP contribution in [0.5, 0.6) is 5.75 Å². The Morgan fingerprint density at radius 3 is 1.56 bits per heavy atom. The Kier molecular flexibility index (Phi) is 21.3. The second-order valence-electron chi connectivity index (χ2n) is 23.1. The third kappa shape index (κ3) is 14.3. The van der Waals surface area contributed by atoms with E-state index in [0.717, 1.165) is 82.7 Å². The van der Waals surface area contributed by atoms with Gasteiger partial charge in [-0.25, -0.2) is 29.6 Å². The molecule has 4 aliphatic rings. The summed E-state index contributed by atoms with van der Waals surface area (Å²) in [6, 6.07) is 10.1. The van der Waals surface area contributed by atoms with E-state index in [0.29, 0.717) is 79.0 Å². The second-order valence-corrected chi connectivity index (χ2v) is 23.5. The predicted molar refractivity (Wildman–Crippen MR) is 309 cm³/mol. The lowest BCUT2D eigenvalue weighted by atomic mass is 9.61. The molecule has 0 spiro atoms. The number of Topliss-reactive ketones (excluding diaryl/α,β-unsaturated/α-hetero) is 2. The van der Waals surface area contributed by atoms with E-state index in [4.69, 9.17) is 16.3 Å². The molecule has 2 atom stereocenters. The topological polar surface area (TPSA) is 195 Å². The highest BCUT2D eigenvalue weighted by Crippen LogP contribution is 2.49. The lowest BCUT2D eigenvalue weighted by molar-refractivity contribution is -0.155. The zero-order valence-electron chi connectivity index (χ0n) is 47.9. The van der Waals surface area contributed by atoms with Gasteiger partial charge in [-0.2, -0.15) is 0 Å². The number of aromatic nitrogens is 4. The lowest BCUT2D eigenvalue weighted by Crippen LogP contribution is -2.69. The van der Waals surface area contributed by atoms with E-state index in [1.54, 1.807) is 66.2 Å². The van der Waals surface area contributed by atoms with Crippen LogP contribution in [0.3, 0.4) is 0 Å². The minimum atomic E-state index is -1.38. The van der Waals surface area contributed by atoms with Crippen molar-refractivity contribution in [2.45, 2.75) is 167 Å². The number of hydrazine groups is 1. The molecule has 434 valence electrons. The van der Waals surface area contributed by atoms with Gasteiger partial charge in [-0.05, 0) is 111 Å². The van der Waals surface area contributed by atoms with Gasteiger partial charge in [0.25, 0.3) is 0 Å². The maximum atomic E-state index is 16.2. The number of rotatable bonds is 23. The van der Waals surface area contributed by atoms with Crippen LogP contribution in [0.25, 0.3) is 0 Å². The van der Waals surface area contributed by atoms with Gasteiger partial charge in [0.1, 0.15) is 29.4 Å². The molecule has 4 fully saturated rings. The summed E-state index contributed by atoms with van der Waals surface area (Å²) in [6.07, 6.45) is 22.4. The smallest absolute Gasteiger partial charge is 0.337 e. The fraction of sp³-hybridized carbons (Fsp3) is 0.613. The van der Waals surface area contributed by atoms with Crippen molar-refractivity contribution in [3.05, 3.63) is 101 Å². The number of benzene rings is 2. The molecule has 0 unspecified atom stereocenters. The van der Waals surface area contributed by atoms with Crippen LogP contribution >= 0.6 is 11.6 Å². The van der Waals surface area contributed by atoms with Gasteiger partial charge in [0.15, 0.2) is 0 Å². The van der Waals surface area contributed by atoms with Gasteiger partial charge >= 0.3 is 12.1 Å². The number of carbonyl (C=O) groups is 6. The van der Waals surface area contributed by atoms with Gasteiger partial charge < -0.3 is 34.7 Å². The molecule has 2 saturated heterocycles. The third-order valence-corrected chi connectivity index (χ3v) is 18.6. The average molecular weight is 1120 g/mol. The number of imidazole rings is 2. The largest absolute Gasteiger partial charge is 0.497 e. The SMILES string of the molecule is CCCC(=O)C1(C2CCCCC2)CCN(C(=O)[C@@H](Cc2ccc(Cl)cc2)N(C(=O)NCCc2c[nH]cn2)N(C(=O)NCCc2cncn2C)[C@H](Cc2ccc(OC)cc2)C(=O)N2CCC(C(=O)CCC)(C3CCCCC3)CC2)CC1. The molecule has 2 saturated carbocycles. The van der Waals surface area contributed by atoms with Crippen molar-refractivity contribution < 1.29 is 33.5 Å². The van der Waals surface area contributed by atoms with Gasteiger partial charge in [-0.15, -0.1) is 0 Å². The van der Waals surface area contributed by atoms with Crippen molar-refractivity contribution in [2.75, 3.05) is 46.4 Å². The number of H-pyrrole nitrogens is 1. The lowest BCUT2D eigenvalue weighted by Gasteiger charge is -2.50. The molecular formula is C62H87ClN10O7. The minimum Gasteiger partial charge on any atom is -0.497 e. The molecule has 3 N–H and O–H groups in total. The van der Waals surface area contributed by atoms with Crippen molar-refractivity contribution in [1.29, 1.82) is 0 Å². The Bertz CT molecular complexity index is 2650. The van der Waals surface area contributed by atoms with Crippen molar-refractivity contribution >= 4 is 47.0 Å². The highest BCUT2D eigenvalue weighted by molar-refractivity contribution is 6.30. The van der Waals surface area contributed by atoms with Gasteiger partial charge in [0.05, 0.1) is 25.5 Å². The normalized spacial score (nSPS) is 18.4. The molecule has 17 nitrogen and oxygen atoms in total. The number of hydrogen-bond donors (Lipinski definition) is 3. The number of carbonyl (C=O) groups excluding carboxylic acids is 6. The molecule has 0 radical (unpaired) electrons. The number of ether oxygens (including phenoxy) is 1. The second kappa shape index (κ2) is 28.5. The maximum Gasteiger partial charge on any atom is 0.337 e. The fourth-order valence-corrected chi connectivity index (χ4v) is 13.9. The van der Waals surface area contributed by atoms with Gasteiger partial charge in [-0.3, -0.25) is 19.2 Å². The Hall–Kier alpha value is -6.23. The summed E-state index contributed by atoms with van der Waals surface area (Å²) in [7, 11) is 3.45. The van der Waals surface area contributed by atoms with Crippen LogP contribution in [0.4, 0.5) is 9.59 Å². The zero-order chi connectivity index (χ0) is 56.7. The quantitative estimate of drug-likeness (QED) is 0.0606. The Morgan fingerprint density at radius 2 is 1.15 bits per heavy atom. The molecule has 6 amide bonds. The highest BCUT2D eigenvalue weighted by Gasteiger charge is 2.52. The molecule has 4 heterocycles. The number of halogens is 1. The van der Waals surface area contributed by atoms with Crippen LogP contribution in [-0.4, -0.2) is 133 Å². The number of aromatic amines is 1. The predicted octanol–water partition coefficient (Wildman–Crippen LogP) is 9.87. The van der Waals surface area contributed by atoms with Gasteiger partial charge in [0.2, 0.25) is 11.8 Å². The highest BCUT2D eigenvalue weighted by atomic mass is 35.5. The summed E-state index contributed by atoms with van der Waals surface area (Å²) in [6.45, 7) is 5.43. The van der Waals surface area contributed by atoms with Crippen LogP contribution in [0.2, 0.25) is 5.02 Å². The first kappa shape index (κ1) is 59.9. The van der Waals surface area contributed by atoms with E-state index in [-0.39, 0.29) is 75.5 Å². The summed E-state index contributed by atoms with van der Waals surface area (Å²) in [5.74, 6) is 0.800. The third-order valence-electron chi connectivity index (χ3n) is 18.3. The minimum absolute atomic E-state index is 0.0386. The monoisotopic (exact) mass is 1120 g/mol. The Morgan fingerprint density at radius 1 is 0.688 bits per heavy atom. The number of likely N-dealkylation sites (tertiary alicyclic amines) is 2. The van der Waals surface area contributed by atoms with Crippen molar-refractivity contribution in [3.8, 4) is 5.75 Å². The number of hydrogen-bond acceptors (Lipinski definition) is 9. The van der Waals surface area contributed by atoms with Crippen molar-refractivity contribution in [3.63, 3.8) is 0 Å². The summed E-state index contributed by atoms with van der Waals surface area (Å²) >= 11 is 6.49. The fourth-order valence-electron chi connectivity index (χ4n) is 13.7. The van der Waals surface area contributed by atoms with E-state index in [2.05, 4.69) is 25.6 Å². The molecule has 4 aromatic rings. The summed E-state index contributed by atoms with van der Waals surface area (Å²) in [5, 5.41) is 9.10. The number of amides is 6. The Labute approximate surface area is 478 Å². The maximum absolute atomic E-state index is 16.2. The number of methoxy groups -OCH3 is 1. The van der Waals surface area contributed by atoms with Gasteiger partial charge in [0, 0.05) is 119 Å². The number of piperidine rings is 2. The van der Waals surface area contributed by atoms with Gasteiger partial charge in [-0.1, -0.05) is 88.2 Å². The van der Waals surface area contributed by atoms with E-state index in [1.807, 2.05) is 49.7 Å². The summed E-state index contributed by atoms with van der Waals surface area (Å²) < 4.78 is 7.42. The van der Waals surface area contributed by atoms with Crippen molar-refractivity contribution in [2.24, 2.45) is 29.7 Å². The number of urea groups is 2. The van der Waals surface area contributed by atoms with Crippen LogP contribution in [0.1, 0.15) is 152 Å². The zero-order valence-corrected chi connectivity index (χ0v) is 48.7. The first-order valence-electron chi connectivity index (χ1n) is 29.9. The Balaban J connectivity index is 1.24. The average Bonchev–Trinajstić information content (AvgIpc) is 4.17. The molecule has 80 heavy (non-hydrogen) atoms. The van der Waals surface area contributed by atoms with Crippen LogP contribution < -0.4 is 15.4 Å². The van der Waals surface area contributed by atoms with Crippen LogP contribution in [-0.2, 0) is 51.9 Å². The molecule has 2 aromatic carbocycles. The summed E-state index contributed by atoms with van der Waals surface area (Å²) in [4.78, 5) is 108.